The summed E-state index contributed by atoms with van der Waals surface area (Å²) >= 11 is 0. The Hall–Kier alpha value is -1.43. The third kappa shape index (κ3) is 2.57. The van der Waals surface area contributed by atoms with E-state index in [1.165, 1.54) is 31.9 Å². The highest BCUT2D eigenvalue weighted by Gasteiger charge is 2.38. The topological polar surface area (TPSA) is 71.2 Å². The van der Waals surface area contributed by atoms with Crippen molar-refractivity contribution in [3.8, 4) is 0 Å². The minimum Gasteiger partial charge on any atom is -0.476 e. The van der Waals surface area contributed by atoms with E-state index in [0.717, 1.165) is 13.1 Å². The number of aromatic nitrogens is 3. The summed E-state index contributed by atoms with van der Waals surface area (Å²) in [5, 5.41) is 16.5. The van der Waals surface area contributed by atoms with Gasteiger partial charge in [-0.2, -0.15) is 0 Å². The van der Waals surface area contributed by atoms with Crippen LogP contribution in [0.25, 0.3) is 0 Å². The number of hydrogen-bond acceptors (Lipinski definition) is 4. The van der Waals surface area contributed by atoms with Crippen LogP contribution in [0, 0.1) is 5.41 Å². The van der Waals surface area contributed by atoms with Gasteiger partial charge in [0.05, 0.1) is 12.2 Å². The van der Waals surface area contributed by atoms with Crippen LogP contribution in [-0.4, -0.2) is 50.1 Å². The number of hydrogen-bond donors (Lipinski definition) is 1. The summed E-state index contributed by atoms with van der Waals surface area (Å²) in [6.45, 7) is 6.63. The van der Waals surface area contributed by atoms with Crippen molar-refractivity contribution in [1.82, 2.24) is 19.9 Å². The molecular weight excluding hydrogens is 256 g/mol. The lowest BCUT2D eigenvalue weighted by molar-refractivity contribution is 0.00969. The quantitative estimate of drug-likeness (QED) is 0.913. The normalized spacial score (nSPS) is 27.2. The molecule has 2 fully saturated rings. The van der Waals surface area contributed by atoms with Gasteiger partial charge in [0.2, 0.25) is 0 Å². The second-order valence-corrected chi connectivity index (χ2v) is 6.91. The zero-order chi connectivity index (χ0) is 14.3. The fourth-order valence-corrected chi connectivity index (χ4v) is 3.48. The lowest BCUT2D eigenvalue weighted by Gasteiger charge is -2.48. The minimum atomic E-state index is -1.01. The Kier molecular flexibility index (Phi) is 3.28. The molecule has 0 spiro atoms. The van der Waals surface area contributed by atoms with Crippen LogP contribution in [0.2, 0.25) is 0 Å². The van der Waals surface area contributed by atoms with E-state index < -0.39 is 5.97 Å². The molecule has 2 heterocycles. The van der Waals surface area contributed by atoms with Crippen LogP contribution >= 0.6 is 0 Å². The molecule has 20 heavy (non-hydrogen) atoms. The van der Waals surface area contributed by atoms with E-state index in [0.29, 0.717) is 11.5 Å². The predicted molar refractivity (Wildman–Crippen MR) is 73.6 cm³/mol. The average molecular weight is 278 g/mol. The molecule has 1 unspecified atom stereocenters. The van der Waals surface area contributed by atoms with Crippen LogP contribution in [0.3, 0.4) is 0 Å². The van der Waals surface area contributed by atoms with Gasteiger partial charge in [0.25, 0.3) is 0 Å². The van der Waals surface area contributed by atoms with Gasteiger partial charge < -0.3 is 5.11 Å². The Morgan fingerprint density at radius 1 is 1.40 bits per heavy atom. The van der Waals surface area contributed by atoms with Crippen molar-refractivity contribution >= 4 is 5.97 Å². The van der Waals surface area contributed by atoms with Crippen LogP contribution in [0.4, 0.5) is 0 Å². The highest BCUT2D eigenvalue weighted by atomic mass is 16.4. The lowest BCUT2D eigenvalue weighted by Crippen LogP contribution is -2.54. The molecule has 1 saturated carbocycles. The zero-order valence-electron chi connectivity index (χ0n) is 12.1. The number of rotatable bonds is 3. The molecule has 3 rings (SSSR count). The van der Waals surface area contributed by atoms with E-state index >= 15 is 0 Å². The van der Waals surface area contributed by atoms with Gasteiger partial charge >= 0.3 is 5.97 Å². The molecule has 0 radical (unpaired) electrons. The first-order valence-corrected chi connectivity index (χ1v) is 7.34. The van der Waals surface area contributed by atoms with E-state index in [4.69, 9.17) is 5.11 Å². The summed E-state index contributed by atoms with van der Waals surface area (Å²) in [6, 6.07) is 0.957. The van der Waals surface area contributed by atoms with Gasteiger partial charge in [-0.3, -0.25) is 4.90 Å². The smallest absolute Gasteiger partial charge is 0.358 e. The standard InChI is InChI=1S/C14H22N4O2/c1-14(2)5-3-4-10(6-14)17-7-11(8-17)18-9-12(13(19)20)15-16-18/h9-11H,3-8H2,1-2H3,(H,19,20). The number of likely N-dealkylation sites (tertiary alicyclic amines) is 1. The first-order valence-electron chi connectivity index (χ1n) is 7.34. The molecule has 1 aliphatic heterocycles. The minimum absolute atomic E-state index is 0.0299. The van der Waals surface area contributed by atoms with Gasteiger partial charge in [-0.05, 0) is 24.7 Å². The van der Waals surface area contributed by atoms with Gasteiger partial charge in [0.1, 0.15) is 0 Å². The van der Waals surface area contributed by atoms with Gasteiger partial charge in [-0.15, -0.1) is 5.10 Å². The van der Waals surface area contributed by atoms with E-state index in [1.807, 2.05) is 0 Å². The van der Waals surface area contributed by atoms with Gasteiger partial charge in [-0.1, -0.05) is 25.5 Å². The van der Waals surface area contributed by atoms with Crippen LogP contribution in [0.1, 0.15) is 56.1 Å². The number of nitrogens with zero attached hydrogens (tertiary/aromatic N) is 4. The van der Waals surface area contributed by atoms with E-state index in [2.05, 4.69) is 29.1 Å². The Labute approximate surface area is 118 Å². The molecule has 1 aliphatic carbocycles. The molecule has 1 atom stereocenters. The Morgan fingerprint density at radius 2 is 2.15 bits per heavy atom. The Balaban J connectivity index is 1.56. The van der Waals surface area contributed by atoms with Crippen molar-refractivity contribution in [2.45, 2.75) is 51.6 Å². The molecule has 6 nitrogen and oxygen atoms in total. The van der Waals surface area contributed by atoms with Crippen LogP contribution in [0.5, 0.6) is 0 Å². The maximum Gasteiger partial charge on any atom is 0.358 e. The number of carbonyl (C=O) groups is 1. The number of aromatic carboxylic acids is 1. The van der Waals surface area contributed by atoms with E-state index in [-0.39, 0.29) is 11.7 Å². The van der Waals surface area contributed by atoms with E-state index in [9.17, 15) is 4.79 Å². The molecule has 1 aromatic heterocycles. The van der Waals surface area contributed by atoms with Crippen molar-refractivity contribution in [2.75, 3.05) is 13.1 Å². The third-order valence-corrected chi connectivity index (χ3v) is 4.69. The van der Waals surface area contributed by atoms with Gasteiger partial charge in [0, 0.05) is 19.1 Å². The molecule has 1 N–H and O–H groups in total. The SMILES string of the molecule is CC1(C)CCCC(N2CC(n3cc(C(=O)O)nn3)C2)C1. The highest BCUT2D eigenvalue weighted by molar-refractivity contribution is 5.84. The molecular formula is C14H22N4O2. The number of carboxylic acid groups (broad SMARTS) is 1. The van der Waals surface area contributed by atoms with Crippen molar-refractivity contribution < 1.29 is 9.90 Å². The second kappa shape index (κ2) is 4.84. The van der Waals surface area contributed by atoms with E-state index in [1.54, 1.807) is 4.68 Å². The molecule has 110 valence electrons. The van der Waals surface area contributed by atoms with Crippen molar-refractivity contribution in [2.24, 2.45) is 5.41 Å². The first-order chi connectivity index (χ1) is 9.44. The Morgan fingerprint density at radius 3 is 2.75 bits per heavy atom. The molecule has 6 heteroatoms. The largest absolute Gasteiger partial charge is 0.476 e. The summed E-state index contributed by atoms with van der Waals surface area (Å²) in [4.78, 5) is 13.3. The van der Waals surface area contributed by atoms with Crippen molar-refractivity contribution in [1.29, 1.82) is 0 Å². The third-order valence-electron chi connectivity index (χ3n) is 4.69. The fraction of sp³-hybridized carbons (Fsp3) is 0.786. The van der Waals surface area contributed by atoms with Crippen LogP contribution in [0.15, 0.2) is 6.20 Å². The average Bonchev–Trinajstić information content (AvgIpc) is 2.75. The molecule has 0 amide bonds. The van der Waals surface area contributed by atoms with Crippen molar-refractivity contribution in [3.63, 3.8) is 0 Å². The Bertz CT molecular complexity index is 505. The van der Waals surface area contributed by atoms with Crippen LogP contribution in [-0.2, 0) is 0 Å². The molecule has 1 saturated heterocycles. The molecule has 0 aromatic carbocycles. The maximum absolute atomic E-state index is 10.8. The highest BCUT2D eigenvalue weighted by Crippen LogP contribution is 2.39. The predicted octanol–water partition coefficient (Wildman–Crippen LogP) is 1.80. The van der Waals surface area contributed by atoms with Gasteiger partial charge in [0.15, 0.2) is 5.69 Å². The van der Waals surface area contributed by atoms with Crippen molar-refractivity contribution in [3.05, 3.63) is 11.9 Å². The lowest BCUT2D eigenvalue weighted by atomic mass is 9.74. The summed E-state index contributed by atoms with van der Waals surface area (Å²) < 4.78 is 1.70. The number of carboxylic acids is 1. The molecule has 2 aliphatic rings. The fourth-order valence-electron chi connectivity index (χ4n) is 3.48. The monoisotopic (exact) mass is 278 g/mol. The van der Waals surface area contributed by atoms with Gasteiger partial charge in [-0.25, -0.2) is 9.48 Å². The zero-order valence-corrected chi connectivity index (χ0v) is 12.1. The molecule has 0 bridgehead atoms. The maximum atomic E-state index is 10.8. The summed E-state index contributed by atoms with van der Waals surface area (Å²) in [5.74, 6) is -1.01. The second-order valence-electron chi connectivity index (χ2n) is 6.91. The summed E-state index contributed by atoms with van der Waals surface area (Å²) in [7, 11) is 0. The molecule has 1 aromatic rings. The summed E-state index contributed by atoms with van der Waals surface area (Å²) in [6.07, 6.45) is 6.72. The van der Waals surface area contributed by atoms with Crippen LogP contribution < -0.4 is 0 Å². The first kappa shape index (κ1) is 13.5. The summed E-state index contributed by atoms with van der Waals surface area (Å²) in [5.41, 5.74) is 0.486.